The van der Waals surface area contributed by atoms with Crippen molar-refractivity contribution in [2.24, 2.45) is 0 Å². The van der Waals surface area contributed by atoms with E-state index in [0.717, 1.165) is 22.9 Å². The van der Waals surface area contributed by atoms with E-state index in [9.17, 15) is 4.79 Å². The second-order valence-electron chi connectivity index (χ2n) is 6.67. The molecule has 2 rings (SSSR count). The van der Waals surface area contributed by atoms with Crippen molar-refractivity contribution in [1.82, 2.24) is 0 Å². The first-order valence-electron chi connectivity index (χ1n) is 9.16. The molecule has 2 atom stereocenters. The van der Waals surface area contributed by atoms with Gasteiger partial charge in [-0.1, -0.05) is 46.7 Å². The molecule has 0 aliphatic carbocycles. The van der Waals surface area contributed by atoms with E-state index in [0.29, 0.717) is 25.8 Å². The molecule has 0 aliphatic heterocycles. The van der Waals surface area contributed by atoms with Gasteiger partial charge in [-0.3, -0.25) is 4.79 Å². The molecule has 6 heteroatoms. The summed E-state index contributed by atoms with van der Waals surface area (Å²) in [6, 6.07) is 11.6. The molecule has 0 radical (unpaired) electrons. The third-order valence-corrected chi connectivity index (χ3v) is 6.70. The van der Waals surface area contributed by atoms with Crippen molar-refractivity contribution in [3.05, 3.63) is 47.5 Å². The van der Waals surface area contributed by atoms with Crippen LogP contribution in [0.2, 0.25) is 0 Å². The summed E-state index contributed by atoms with van der Waals surface area (Å²) >= 11 is 0. The van der Waals surface area contributed by atoms with E-state index in [-0.39, 0.29) is 17.7 Å². The third kappa shape index (κ3) is 4.84. The minimum absolute atomic E-state index is 0.0700. The van der Waals surface area contributed by atoms with Crippen LogP contribution in [0, 0.1) is 0 Å². The summed E-state index contributed by atoms with van der Waals surface area (Å²) in [6.45, 7) is 6.03. The Morgan fingerprint density at radius 3 is 2.39 bits per heavy atom. The van der Waals surface area contributed by atoms with Gasteiger partial charge >= 0.3 is 0 Å². The van der Waals surface area contributed by atoms with Gasteiger partial charge in [-0.05, 0) is 24.7 Å². The average molecular weight is 404 g/mol. The number of Topliss-reactive ketones (excluding diaryl/α,β-unsaturated/α-hetero) is 1. The number of hydrogen-bond donors (Lipinski definition) is 0. The molecule has 2 unspecified atom stereocenters. The highest BCUT2D eigenvalue weighted by Gasteiger charge is 2.32. The highest BCUT2D eigenvalue weighted by Crippen LogP contribution is 2.51. The number of ether oxygens (including phenoxy) is 4. The van der Waals surface area contributed by atoms with Gasteiger partial charge in [-0.15, -0.1) is 0 Å². The first-order valence-corrected chi connectivity index (χ1v) is 10.2. The maximum atomic E-state index is 12.1. The first-order chi connectivity index (χ1) is 13.4. The summed E-state index contributed by atoms with van der Waals surface area (Å²) in [5.74, 6) is 2.00. The van der Waals surface area contributed by atoms with Gasteiger partial charge in [-0.25, -0.2) is 0 Å². The summed E-state index contributed by atoms with van der Waals surface area (Å²) < 4.78 is 22.1. The normalized spacial score (nSPS) is 13.4. The summed E-state index contributed by atoms with van der Waals surface area (Å²) in [7, 11) is 5.18. The molecular formula is C22H29O5P. The predicted octanol–water partition coefficient (Wildman–Crippen LogP) is 4.52. The van der Waals surface area contributed by atoms with Crippen LogP contribution in [0.15, 0.2) is 36.4 Å². The van der Waals surface area contributed by atoms with Crippen LogP contribution in [0.25, 0.3) is 0 Å². The lowest BCUT2D eigenvalue weighted by molar-refractivity contribution is 0.0479. The van der Waals surface area contributed by atoms with E-state index in [2.05, 4.69) is 13.8 Å². The van der Waals surface area contributed by atoms with Crippen LogP contribution >= 0.6 is 8.58 Å². The van der Waals surface area contributed by atoms with Gasteiger partial charge in [0.05, 0.1) is 14.2 Å². The zero-order valence-corrected chi connectivity index (χ0v) is 18.4. The molecule has 0 aromatic heterocycles. The SMILES string of the molecule is CCC(C)(Pc1ccccc1C(C)=O)c1cc(OC)cc(OC)c1OCOC. The predicted molar refractivity (Wildman–Crippen MR) is 114 cm³/mol. The lowest BCUT2D eigenvalue weighted by Gasteiger charge is -2.32. The molecule has 2 aromatic carbocycles. The number of ketones is 1. The number of rotatable bonds is 10. The monoisotopic (exact) mass is 404 g/mol. The fourth-order valence-electron chi connectivity index (χ4n) is 3.07. The molecule has 0 bridgehead atoms. The fraction of sp³-hybridized carbons (Fsp3) is 0.409. The number of hydrogen-bond acceptors (Lipinski definition) is 5. The number of carbonyl (C=O) groups is 1. The van der Waals surface area contributed by atoms with Crippen molar-refractivity contribution in [3.8, 4) is 17.2 Å². The molecule has 2 aromatic rings. The molecule has 0 heterocycles. The Kier molecular flexibility index (Phi) is 7.85. The molecule has 152 valence electrons. The smallest absolute Gasteiger partial charge is 0.188 e. The van der Waals surface area contributed by atoms with Gasteiger partial charge in [-0.2, -0.15) is 0 Å². The van der Waals surface area contributed by atoms with Gasteiger partial charge in [0, 0.05) is 29.5 Å². The molecule has 0 aliphatic rings. The van der Waals surface area contributed by atoms with Crippen LogP contribution in [-0.2, 0) is 9.89 Å². The van der Waals surface area contributed by atoms with Crippen LogP contribution in [0.4, 0.5) is 0 Å². The van der Waals surface area contributed by atoms with Crippen LogP contribution in [0.1, 0.15) is 43.1 Å². The molecule has 0 fully saturated rings. The zero-order valence-electron chi connectivity index (χ0n) is 17.4. The van der Waals surface area contributed by atoms with Gasteiger partial charge in [0.15, 0.2) is 24.1 Å². The minimum Gasteiger partial charge on any atom is -0.497 e. The van der Waals surface area contributed by atoms with E-state index < -0.39 is 0 Å². The topological polar surface area (TPSA) is 54.0 Å². The molecule has 0 saturated carbocycles. The Bertz CT molecular complexity index is 821. The van der Waals surface area contributed by atoms with Crippen LogP contribution < -0.4 is 19.5 Å². The van der Waals surface area contributed by atoms with Crippen molar-refractivity contribution in [1.29, 1.82) is 0 Å². The molecule has 5 nitrogen and oxygen atoms in total. The maximum absolute atomic E-state index is 12.1. The summed E-state index contributed by atoms with van der Waals surface area (Å²) in [4.78, 5) is 12.1. The lowest BCUT2D eigenvalue weighted by atomic mass is 9.95. The first kappa shape index (κ1) is 22.2. The van der Waals surface area contributed by atoms with Crippen molar-refractivity contribution >= 4 is 19.7 Å². The number of carbonyl (C=O) groups excluding carboxylic acids is 1. The van der Waals surface area contributed by atoms with Crippen molar-refractivity contribution in [2.45, 2.75) is 32.3 Å². The molecular weight excluding hydrogens is 375 g/mol. The summed E-state index contributed by atoms with van der Waals surface area (Å²) in [5.41, 5.74) is 1.73. The van der Waals surface area contributed by atoms with Crippen LogP contribution in [0.3, 0.4) is 0 Å². The number of benzene rings is 2. The standard InChI is InChI=1S/C22H29O5P/c1-7-22(3,28-20-11-9-8-10-17(20)15(2)23)18-12-16(25-5)13-19(26-6)21(18)27-14-24-4/h8-13,28H,7,14H2,1-6H3. The van der Waals surface area contributed by atoms with Crippen molar-refractivity contribution < 1.29 is 23.7 Å². The van der Waals surface area contributed by atoms with Crippen molar-refractivity contribution in [3.63, 3.8) is 0 Å². The molecule has 0 saturated heterocycles. The second kappa shape index (κ2) is 9.90. The van der Waals surface area contributed by atoms with Gasteiger partial charge < -0.3 is 18.9 Å². The summed E-state index contributed by atoms with van der Waals surface area (Å²) in [5, 5.41) is 0.759. The third-order valence-electron chi connectivity index (χ3n) is 4.82. The zero-order chi connectivity index (χ0) is 20.7. The van der Waals surface area contributed by atoms with Crippen LogP contribution in [-0.4, -0.2) is 33.9 Å². The average Bonchev–Trinajstić information content (AvgIpc) is 2.71. The number of methoxy groups -OCH3 is 3. The lowest BCUT2D eigenvalue weighted by Crippen LogP contribution is -2.22. The Balaban J connectivity index is 2.61. The summed E-state index contributed by atoms with van der Waals surface area (Å²) in [6.07, 6.45) is 0.845. The molecule has 0 amide bonds. The molecule has 28 heavy (non-hydrogen) atoms. The second-order valence-corrected chi connectivity index (χ2v) is 8.56. The Hall–Kier alpha value is -2.10. The van der Waals surface area contributed by atoms with E-state index in [1.54, 1.807) is 34.3 Å². The van der Waals surface area contributed by atoms with E-state index >= 15 is 0 Å². The molecule has 0 spiro atoms. The van der Waals surface area contributed by atoms with Gasteiger partial charge in [0.2, 0.25) is 0 Å². The van der Waals surface area contributed by atoms with Crippen LogP contribution in [0.5, 0.6) is 17.2 Å². The highest BCUT2D eigenvalue weighted by atomic mass is 31.1. The minimum atomic E-state index is -0.281. The largest absolute Gasteiger partial charge is 0.497 e. The Morgan fingerprint density at radius 1 is 1.11 bits per heavy atom. The van der Waals surface area contributed by atoms with E-state index in [1.165, 1.54) is 0 Å². The van der Waals surface area contributed by atoms with Gasteiger partial charge in [0.25, 0.3) is 0 Å². The van der Waals surface area contributed by atoms with E-state index in [4.69, 9.17) is 18.9 Å². The van der Waals surface area contributed by atoms with E-state index in [1.807, 2.05) is 30.3 Å². The Morgan fingerprint density at radius 2 is 1.82 bits per heavy atom. The van der Waals surface area contributed by atoms with Gasteiger partial charge in [0.1, 0.15) is 5.75 Å². The molecule has 0 N–H and O–H groups in total. The maximum Gasteiger partial charge on any atom is 0.188 e. The van der Waals surface area contributed by atoms with Crippen molar-refractivity contribution in [2.75, 3.05) is 28.1 Å². The fourth-order valence-corrected chi connectivity index (χ4v) is 4.73. The highest BCUT2D eigenvalue weighted by molar-refractivity contribution is 7.48. The Labute approximate surface area is 169 Å². The quantitative estimate of drug-likeness (QED) is 0.331.